The Kier molecular flexibility index (Phi) is 24.9. The van der Waals surface area contributed by atoms with Gasteiger partial charge in [-0.1, -0.05) is 123 Å². The lowest BCUT2D eigenvalue weighted by molar-refractivity contribution is -0.117. The van der Waals surface area contributed by atoms with E-state index in [-0.39, 0.29) is 95.3 Å². The number of benzene rings is 3. The number of amides is 3. The summed E-state index contributed by atoms with van der Waals surface area (Å²) in [5, 5.41) is 8.78. The first kappa shape index (κ1) is 62.3. The van der Waals surface area contributed by atoms with Gasteiger partial charge in [-0.3, -0.25) is 29.0 Å². The number of esters is 1. The minimum absolute atomic E-state index is 0.00482. The summed E-state index contributed by atoms with van der Waals surface area (Å²) in [4.78, 5) is 70.6. The third kappa shape index (κ3) is 18.6. The van der Waals surface area contributed by atoms with Crippen molar-refractivity contribution in [2.24, 2.45) is 11.8 Å². The summed E-state index contributed by atoms with van der Waals surface area (Å²) in [6, 6.07) is 17.6. The first-order valence-corrected chi connectivity index (χ1v) is 29.9. The Balaban J connectivity index is 1.35. The summed E-state index contributed by atoms with van der Waals surface area (Å²) in [6.45, 7) is 30.8. The van der Waals surface area contributed by atoms with Crippen molar-refractivity contribution in [3.8, 4) is 28.8 Å². The van der Waals surface area contributed by atoms with Gasteiger partial charge >= 0.3 is 34.6 Å². The van der Waals surface area contributed by atoms with Crippen LogP contribution in [0.25, 0.3) is 31.6 Å². The molecule has 1 aliphatic carbocycles. The van der Waals surface area contributed by atoms with E-state index in [2.05, 4.69) is 53.6 Å². The van der Waals surface area contributed by atoms with E-state index in [4.69, 9.17) is 42.5 Å². The average Bonchev–Trinajstić information content (AvgIpc) is 4.18. The number of ether oxygens (including phenoxy) is 2. The summed E-state index contributed by atoms with van der Waals surface area (Å²) in [6.07, 6.45) is 13.9. The van der Waals surface area contributed by atoms with Crippen molar-refractivity contribution >= 4 is 80.5 Å². The summed E-state index contributed by atoms with van der Waals surface area (Å²) in [5.74, 6) is -1.70. The second kappa shape index (κ2) is 32.3. The zero-order chi connectivity index (χ0) is 58.1. The molecule has 4 atom stereocenters. The molecule has 0 saturated heterocycles. The molecule has 6 rings (SSSR count). The number of unbranched alkanes of at least 4 members (excludes halogenated alkanes) is 10. The smallest absolute Gasteiger partial charge is 0.415 e. The lowest BCUT2D eigenvalue weighted by Crippen LogP contribution is -2.37. The molecule has 2 aromatic heterocycles. The van der Waals surface area contributed by atoms with Gasteiger partial charge in [0, 0.05) is 24.5 Å². The summed E-state index contributed by atoms with van der Waals surface area (Å²) >= 11 is -4.70. The Hall–Kier alpha value is -7.94. The van der Waals surface area contributed by atoms with Crippen molar-refractivity contribution in [2.75, 3.05) is 46.3 Å². The molecule has 0 radical (unpaired) electrons. The predicted octanol–water partition coefficient (Wildman–Crippen LogP) is 13.0. The van der Waals surface area contributed by atoms with E-state index >= 15 is 0 Å². The van der Waals surface area contributed by atoms with E-state index in [1.807, 2.05) is 13.8 Å². The number of anilines is 4. The minimum Gasteiger partial charge on any atom is -0.459 e. The maximum Gasteiger partial charge on any atom is 0.415 e. The molecule has 0 bridgehead atoms. The lowest BCUT2D eigenvalue weighted by Gasteiger charge is -2.33. The maximum absolute atomic E-state index is 14.4. The number of rotatable bonds is 32. The Morgan fingerprint density at radius 2 is 1.30 bits per heavy atom. The average molecular weight is 1150 g/mol. The molecule has 3 aromatic carbocycles. The van der Waals surface area contributed by atoms with Gasteiger partial charge in [0.2, 0.25) is 30.8 Å². The van der Waals surface area contributed by atoms with Crippen LogP contribution in [0.4, 0.5) is 33.2 Å². The van der Waals surface area contributed by atoms with Gasteiger partial charge in [0.25, 0.3) is 5.69 Å². The van der Waals surface area contributed by atoms with E-state index in [0.29, 0.717) is 36.3 Å². The van der Waals surface area contributed by atoms with Crippen LogP contribution < -0.4 is 33.2 Å². The molecular formula is C58H73N11O10S2. The molecule has 432 valence electrons. The van der Waals surface area contributed by atoms with E-state index in [1.54, 1.807) is 48.5 Å². The van der Waals surface area contributed by atoms with E-state index in [0.717, 1.165) is 99.3 Å². The van der Waals surface area contributed by atoms with E-state index in [9.17, 15) is 27.6 Å². The van der Waals surface area contributed by atoms with Gasteiger partial charge in [0.05, 0.1) is 42.4 Å². The molecular weight excluding hydrogens is 1070 g/mol. The van der Waals surface area contributed by atoms with Crippen LogP contribution in [-0.2, 0) is 36.9 Å². The first-order valence-electron chi connectivity index (χ1n) is 27.8. The fourth-order valence-electron chi connectivity index (χ4n) is 9.46. The van der Waals surface area contributed by atoms with Crippen LogP contribution in [0, 0.1) is 31.6 Å². The topological polar surface area (TPSA) is 237 Å². The maximum atomic E-state index is 14.4. The van der Waals surface area contributed by atoms with Gasteiger partial charge in [-0.25, -0.2) is 37.1 Å². The summed E-state index contributed by atoms with van der Waals surface area (Å²) in [5.41, 5.74) is 0.385. The zero-order valence-corrected chi connectivity index (χ0v) is 48.1. The van der Waals surface area contributed by atoms with Crippen molar-refractivity contribution in [3.63, 3.8) is 0 Å². The molecule has 5 aromatic rings. The normalized spacial score (nSPS) is 15.4. The molecule has 1 aliphatic rings. The molecule has 81 heavy (non-hydrogen) atoms. The monoisotopic (exact) mass is 1150 g/mol. The fourth-order valence-corrected chi connectivity index (χ4v) is 10.8. The highest BCUT2D eigenvalue weighted by Gasteiger charge is 2.36. The number of para-hydroxylation sites is 4. The van der Waals surface area contributed by atoms with Gasteiger partial charge in [-0.2, -0.15) is 8.42 Å². The van der Waals surface area contributed by atoms with Crippen LogP contribution >= 0.6 is 0 Å². The molecule has 0 aliphatic heterocycles. The molecule has 1 fully saturated rings. The second-order valence-corrected chi connectivity index (χ2v) is 21.7. The predicted molar refractivity (Wildman–Crippen MR) is 314 cm³/mol. The molecule has 3 amide bonds. The van der Waals surface area contributed by atoms with Crippen LogP contribution in [0.3, 0.4) is 0 Å². The number of carbonyl (C=O) groups is 4. The minimum atomic E-state index is -2.36. The number of H-pyrrole nitrogens is 1. The van der Waals surface area contributed by atoms with Crippen LogP contribution in [-0.4, -0.2) is 84.1 Å². The Morgan fingerprint density at radius 3 is 1.91 bits per heavy atom. The van der Waals surface area contributed by atoms with Gasteiger partial charge in [0.15, 0.2) is 17.2 Å². The van der Waals surface area contributed by atoms with Gasteiger partial charge in [-0.05, 0) is 73.9 Å². The third-order valence-electron chi connectivity index (χ3n) is 13.7. The number of nitrogens with one attached hydrogen (secondary N) is 5. The van der Waals surface area contributed by atoms with Crippen LogP contribution in [0.2, 0.25) is 0 Å². The van der Waals surface area contributed by atoms with Crippen LogP contribution in [0.5, 0.6) is 17.4 Å². The molecule has 0 spiro atoms. The first-order chi connectivity index (χ1) is 39.3. The molecule has 23 heteroatoms. The highest BCUT2D eigenvalue weighted by atomic mass is 32.2. The third-order valence-corrected chi connectivity index (χ3v) is 15.2. The molecule has 5 N–H and O–H groups in total. The molecule has 4 unspecified atom stereocenters. The number of hydrogen-bond acceptors (Lipinski definition) is 11. The Morgan fingerprint density at radius 1 is 0.728 bits per heavy atom. The van der Waals surface area contributed by atoms with Crippen LogP contribution in [0.1, 0.15) is 147 Å². The number of fused-ring (bicyclic) bond motifs is 1. The van der Waals surface area contributed by atoms with Crippen molar-refractivity contribution in [2.45, 2.75) is 143 Å². The van der Waals surface area contributed by atoms with Crippen LogP contribution in [0.15, 0.2) is 66.7 Å². The van der Waals surface area contributed by atoms with E-state index < -0.39 is 46.6 Å². The van der Waals surface area contributed by atoms with Crippen molar-refractivity contribution in [1.29, 1.82) is 0 Å². The van der Waals surface area contributed by atoms with Gasteiger partial charge < -0.3 is 38.2 Å². The number of aromatic nitrogens is 3. The highest BCUT2D eigenvalue weighted by molar-refractivity contribution is 7.82. The van der Waals surface area contributed by atoms with Crippen molar-refractivity contribution in [3.05, 3.63) is 107 Å². The Labute approximate surface area is 479 Å². The number of aromatic amines is 1. The largest absolute Gasteiger partial charge is 0.459 e. The highest BCUT2D eigenvalue weighted by Crippen LogP contribution is 2.41. The van der Waals surface area contributed by atoms with E-state index in [1.165, 1.54) is 18.2 Å². The molecule has 21 nitrogen and oxygen atoms in total. The number of hydrogen-bond donors (Lipinski definition) is 5. The molecule has 1 saturated carbocycles. The summed E-state index contributed by atoms with van der Waals surface area (Å²) < 4.78 is 58.5. The zero-order valence-electron chi connectivity index (χ0n) is 46.5. The van der Waals surface area contributed by atoms with Crippen molar-refractivity contribution < 1.29 is 45.4 Å². The standard InChI is InChI=1S/C58H73N11O10S2/c1-8-10-12-14-16-18-31-49(70)62-45-27-20-21-28-46(45)67-81(75)78-44-38-42(37-43(39-44)66-80(74)79-48-30-23-22-29-47(48)63-50(71)32-19-17-15-13-11-9-2)54-64-55-51(57(72)76-53-40(3)25-24-26-41(53)4)52(61-7)56(69(55)65-54)77-58(73)68(35-33-59-5)36-34-60-6/h20-23,27-30,37-41,53,66-67H,8-19,24-26,31-36H2,1-4H3,(H,62,70)(H,63,71)(H,64,65). The molecule has 2 heterocycles. The lowest BCUT2D eigenvalue weighted by atomic mass is 9.80. The summed E-state index contributed by atoms with van der Waals surface area (Å²) in [7, 11) is 0. The second-order valence-electron chi connectivity index (χ2n) is 20.0. The number of carbonyl (C=O) groups excluding carboxylic acids is 4. The number of nitrogens with zero attached hydrogens (tertiary/aromatic N) is 6. The van der Waals surface area contributed by atoms with Gasteiger partial charge in [0.1, 0.15) is 17.4 Å². The fraction of sp³-hybridized carbons (Fsp3) is 0.483. The van der Waals surface area contributed by atoms with Crippen molar-refractivity contribution in [1.82, 2.24) is 19.5 Å². The quantitative estimate of drug-likeness (QED) is 0.0154. The van der Waals surface area contributed by atoms with Gasteiger partial charge in [-0.15, -0.1) is 0 Å². The SMILES string of the molecule is [C-]#[N+]CCN(CC[N+]#[C-])C(=O)Oc1c([N+]#[C-])c(C(=O)OC2C(C)CCCC2C)c2nc(-c3cc(NS(=O)Oc4ccccc4NC(=O)CCCCCCCC)cc(OS(=O)Nc4ccccc4NC(=O)CCCCCCCC)c3)[nH]n12. The Bertz CT molecular complexity index is 2990.